The Morgan fingerprint density at radius 3 is 2.08 bits per heavy atom. The molecule has 3 nitrogen and oxygen atoms in total. The van der Waals surface area contributed by atoms with Gasteiger partial charge in [-0.15, -0.1) is 0 Å². The van der Waals surface area contributed by atoms with Crippen LogP contribution >= 0.6 is 0 Å². The van der Waals surface area contributed by atoms with Crippen molar-refractivity contribution in [1.29, 1.82) is 0 Å². The number of aliphatic imine (C=N–C) groups is 1. The van der Waals surface area contributed by atoms with Crippen LogP contribution in [0.3, 0.4) is 0 Å². The van der Waals surface area contributed by atoms with Crippen molar-refractivity contribution in [3.63, 3.8) is 0 Å². The SMILES string of the molecule is O=C(c1ccccc1)N1CCN=C1c1ccccc1-c1ccccc1. The van der Waals surface area contributed by atoms with Crippen LogP contribution in [0.1, 0.15) is 15.9 Å². The van der Waals surface area contributed by atoms with Crippen molar-refractivity contribution in [3.05, 3.63) is 96.1 Å². The highest BCUT2D eigenvalue weighted by molar-refractivity contribution is 6.15. The van der Waals surface area contributed by atoms with E-state index in [0.717, 1.165) is 22.5 Å². The van der Waals surface area contributed by atoms with E-state index in [1.165, 1.54) is 0 Å². The summed E-state index contributed by atoms with van der Waals surface area (Å²) in [5.41, 5.74) is 3.90. The van der Waals surface area contributed by atoms with Gasteiger partial charge < -0.3 is 0 Å². The van der Waals surface area contributed by atoms with Gasteiger partial charge >= 0.3 is 0 Å². The summed E-state index contributed by atoms with van der Waals surface area (Å²) in [7, 11) is 0. The number of benzene rings is 3. The smallest absolute Gasteiger partial charge is 0.259 e. The second-order valence-corrected chi connectivity index (χ2v) is 5.94. The zero-order valence-corrected chi connectivity index (χ0v) is 13.8. The van der Waals surface area contributed by atoms with E-state index < -0.39 is 0 Å². The zero-order valence-electron chi connectivity index (χ0n) is 13.8. The van der Waals surface area contributed by atoms with Crippen LogP contribution in [0, 0.1) is 0 Å². The number of rotatable bonds is 3. The van der Waals surface area contributed by atoms with Crippen LogP contribution in [-0.2, 0) is 0 Å². The molecule has 0 radical (unpaired) electrons. The number of nitrogens with zero attached hydrogens (tertiary/aromatic N) is 2. The molecule has 25 heavy (non-hydrogen) atoms. The molecule has 0 aliphatic carbocycles. The highest BCUT2D eigenvalue weighted by atomic mass is 16.2. The summed E-state index contributed by atoms with van der Waals surface area (Å²) in [6.45, 7) is 1.25. The van der Waals surface area contributed by atoms with Gasteiger partial charge in [-0.05, 0) is 23.3 Å². The number of carbonyl (C=O) groups is 1. The second-order valence-electron chi connectivity index (χ2n) is 5.94. The van der Waals surface area contributed by atoms with Crippen molar-refractivity contribution in [1.82, 2.24) is 4.90 Å². The van der Waals surface area contributed by atoms with Gasteiger partial charge in [0.2, 0.25) is 0 Å². The predicted molar refractivity (Wildman–Crippen MR) is 101 cm³/mol. The molecule has 0 saturated heterocycles. The highest BCUT2D eigenvalue weighted by Crippen LogP contribution is 2.26. The lowest BCUT2D eigenvalue weighted by Crippen LogP contribution is -2.35. The fraction of sp³-hybridized carbons (Fsp3) is 0.0909. The molecule has 1 heterocycles. The first-order valence-corrected chi connectivity index (χ1v) is 8.41. The van der Waals surface area contributed by atoms with Crippen molar-refractivity contribution < 1.29 is 4.79 Å². The Balaban J connectivity index is 1.74. The largest absolute Gasteiger partial charge is 0.291 e. The Bertz CT molecular complexity index is 917. The van der Waals surface area contributed by atoms with E-state index in [0.29, 0.717) is 18.7 Å². The van der Waals surface area contributed by atoms with Crippen molar-refractivity contribution >= 4 is 11.7 Å². The second kappa shape index (κ2) is 6.73. The number of hydrogen-bond donors (Lipinski definition) is 0. The molecular weight excluding hydrogens is 308 g/mol. The Kier molecular flexibility index (Phi) is 4.13. The predicted octanol–water partition coefficient (Wildman–Crippen LogP) is 4.26. The number of amidine groups is 1. The molecular formula is C22H18N2O. The van der Waals surface area contributed by atoms with Crippen LogP contribution in [0.15, 0.2) is 89.9 Å². The van der Waals surface area contributed by atoms with E-state index >= 15 is 0 Å². The standard InChI is InChI=1S/C22H18N2O/c25-22(18-11-5-2-6-12-18)24-16-15-23-21(24)20-14-8-7-13-19(20)17-9-3-1-4-10-17/h1-14H,15-16H2. The van der Waals surface area contributed by atoms with Gasteiger partial charge in [0.15, 0.2) is 0 Å². The normalized spacial score (nSPS) is 13.6. The van der Waals surface area contributed by atoms with Crippen LogP contribution in [0.25, 0.3) is 11.1 Å². The number of amides is 1. The zero-order chi connectivity index (χ0) is 17.1. The molecule has 0 spiro atoms. The van der Waals surface area contributed by atoms with Gasteiger partial charge in [0.05, 0.1) is 6.54 Å². The van der Waals surface area contributed by atoms with Gasteiger partial charge in [-0.25, -0.2) is 0 Å². The van der Waals surface area contributed by atoms with E-state index in [1.54, 1.807) is 4.90 Å². The molecule has 3 aromatic rings. The number of carbonyl (C=O) groups excluding carboxylic acids is 1. The minimum atomic E-state index is -0.000264. The first-order valence-electron chi connectivity index (χ1n) is 8.41. The Labute approximate surface area is 147 Å². The van der Waals surface area contributed by atoms with Gasteiger partial charge in [-0.2, -0.15) is 0 Å². The van der Waals surface area contributed by atoms with E-state index in [-0.39, 0.29) is 5.91 Å². The maximum atomic E-state index is 12.9. The summed E-state index contributed by atoms with van der Waals surface area (Å²) in [5.74, 6) is 0.757. The lowest BCUT2D eigenvalue weighted by molar-refractivity contribution is 0.0858. The van der Waals surface area contributed by atoms with Gasteiger partial charge in [0.1, 0.15) is 5.84 Å². The molecule has 122 valence electrons. The van der Waals surface area contributed by atoms with E-state index in [2.05, 4.69) is 23.2 Å². The quantitative estimate of drug-likeness (QED) is 0.708. The molecule has 0 unspecified atom stereocenters. The number of hydrogen-bond acceptors (Lipinski definition) is 2. The maximum absolute atomic E-state index is 12.9. The highest BCUT2D eigenvalue weighted by Gasteiger charge is 2.27. The summed E-state index contributed by atoms with van der Waals surface area (Å²) < 4.78 is 0. The molecule has 3 aromatic carbocycles. The Hall–Kier alpha value is -3.20. The fourth-order valence-electron chi connectivity index (χ4n) is 3.16. The summed E-state index contributed by atoms with van der Waals surface area (Å²) in [6, 6.07) is 27.7. The van der Waals surface area contributed by atoms with Crippen molar-refractivity contribution in [2.24, 2.45) is 4.99 Å². The Morgan fingerprint density at radius 1 is 0.760 bits per heavy atom. The van der Waals surface area contributed by atoms with E-state index in [4.69, 9.17) is 0 Å². The van der Waals surface area contributed by atoms with E-state index in [9.17, 15) is 4.79 Å². The molecule has 0 saturated carbocycles. The van der Waals surface area contributed by atoms with Gasteiger partial charge in [-0.1, -0.05) is 72.8 Å². The molecule has 0 bridgehead atoms. The van der Waals surface area contributed by atoms with Crippen LogP contribution in [0.5, 0.6) is 0 Å². The first kappa shape index (κ1) is 15.3. The molecule has 1 aliphatic heterocycles. The summed E-state index contributed by atoms with van der Waals surface area (Å²) in [4.78, 5) is 19.4. The molecule has 1 aliphatic rings. The fourth-order valence-corrected chi connectivity index (χ4v) is 3.16. The van der Waals surface area contributed by atoms with Crippen LogP contribution < -0.4 is 0 Å². The minimum Gasteiger partial charge on any atom is -0.291 e. The van der Waals surface area contributed by atoms with Gasteiger partial charge in [0.25, 0.3) is 5.91 Å². The summed E-state index contributed by atoms with van der Waals surface area (Å²) >= 11 is 0. The summed E-state index contributed by atoms with van der Waals surface area (Å²) in [5, 5.41) is 0. The third kappa shape index (κ3) is 2.96. The topological polar surface area (TPSA) is 32.7 Å². The molecule has 1 amide bonds. The maximum Gasteiger partial charge on any atom is 0.259 e. The lowest BCUT2D eigenvalue weighted by Gasteiger charge is -2.20. The van der Waals surface area contributed by atoms with Crippen LogP contribution in [0.4, 0.5) is 0 Å². The minimum absolute atomic E-state index is 0.000264. The van der Waals surface area contributed by atoms with Crippen LogP contribution in [-0.4, -0.2) is 29.7 Å². The third-order valence-electron chi connectivity index (χ3n) is 4.36. The molecule has 0 atom stereocenters. The van der Waals surface area contributed by atoms with Crippen molar-refractivity contribution in [2.45, 2.75) is 0 Å². The van der Waals surface area contributed by atoms with Gasteiger partial charge in [0, 0.05) is 17.7 Å². The molecule has 0 fully saturated rings. The lowest BCUT2D eigenvalue weighted by atomic mass is 9.98. The molecule has 3 heteroatoms. The first-order chi connectivity index (χ1) is 12.3. The van der Waals surface area contributed by atoms with Crippen LogP contribution in [0.2, 0.25) is 0 Å². The third-order valence-corrected chi connectivity index (χ3v) is 4.36. The average molecular weight is 326 g/mol. The van der Waals surface area contributed by atoms with Gasteiger partial charge in [-0.3, -0.25) is 14.7 Å². The monoisotopic (exact) mass is 326 g/mol. The average Bonchev–Trinajstić information content (AvgIpc) is 3.18. The van der Waals surface area contributed by atoms with E-state index in [1.807, 2.05) is 66.7 Å². The Morgan fingerprint density at radius 2 is 1.36 bits per heavy atom. The molecule has 4 rings (SSSR count). The van der Waals surface area contributed by atoms with Crippen molar-refractivity contribution in [3.8, 4) is 11.1 Å². The molecule has 0 N–H and O–H groups in total. The molecule has 0 aromatic heterocycles. The van der Waals surface area contributed by atoms with Crippen molar-refractivity contribution in [2.75, 3.05) is 13.1 Å². The summed E-state index contributed by atoms with van der Waals surface area (Å²) in [6.07, 6.45) is 0.